The van der Waals surface area contributed by atoms with Crippen LogP contribution in [0, 0.1) is 0 Å². The fourth-order valence-corrected chi connectivity index (χ4v) is 3.25. The van der Waals surface area contributed by atoms with Crippen LogP contribution in [0.1, 0.15) is 10.4 Å². The third-order valence-corrected chi connectivity index (χ3v) is 4.78. The molecule has 144 valence electrons. The first-order valence-corrected chi connectivity index (χ1v) is 9.41. The molecule has 0 aliphatic carbocycles. The van der Waals surface area contributed by atoms with Crippen molar-refractivity contribution in [1.82, 2.24) is 15.1 Å². The molecule has 0 atom stereocenters. The van der Waals surface area contributed by atoms with E-state index in [4.69, 9.17) is 4.52 Å². The number of hydrogen-bond donors (Lipinski definition) is 1. The number of nitrogens with one attached hydrogen (secondary N) is 1. The van der Waals surface area contributed by atoms with Crippen LogP contribution >= 0.6 is 0 Å². The van der Waals surface area contributed by atoms with Crippen molar-refractivity contribution in [2.24, 2.45) is 0 Å². The van der Waals surface area contributed by atoms with Gasteiger partial charge in [0, 0.05) is 23.5 Å². The van der Waals surface area contributed by atoms with E-state index in [0.717, 1.165) is 16.3 Å². The monoisotopic (exact) mass is 392 g/mol. The van der Waals surface area contributed by atoms with Crippen LogP contribution in [0.5, 0.6) is 0 Å². The van der Waals surface area contributed by atoms with Crippen LogP contribution in [0.2, 0.25) is 0 Å². The minimum Gasteiger partial charge on any atom is -0.334 e. The van der Waals surface area contributed by atoms with Gasteiger partial charge in [-0.15, -0.1) is 0 Å². The molecule has 1 amide bonds. The molecule has 2 heterocycles. The predicted octanol–water partition coefficient (Wildman–Crippen LogP) is 5.20. The lowest BCUT2D eigenvalue weighted by Gasteiger charge is -2.09. The molecule has 0 fully saturated rings. The highest BCUT2D eigenvalue weighted by molar-refractivity contribution is 6.07. The second kappa shape index (κ2) is 7.60. The lowest BCUT2D eigenvalue weighted by Crippen LogP contribution is -2.12. The Morgan fingerprint density at radius 2 is 1.60 bits per heavy atom. The summed E-state index contributed by atoms with van der Waals surface area (Å²) in [6, 6.07) is 24.5. The Kier molecular flexibility index (Phi) is 4.50. The molecule has 0 saturated carbocycles. The van der Waals surface area contributed by atoms with E-state index in [1.807, 2.05) is 78.9 Å². The summed E-state index contributed by atoms with van der Waals surface area (Å²) in [5.74, 6) is 0.585. The number of aromatic nitrogens is 3. The Morgan fingerprint density at radius 3 is 2.47 bits per heavy atom. The Morgan fingerprint density at radius 1 is 0.833 bits per heavy atom. The minimum atomic E-state index is -0.206. The molecule has 3 aromatic carbocycles. The van der Waals surface area contributed by atoms with Crippen LogP contribution in [-0.4, -0.2) is 21.0 Å². The zero-order valence-electron chi connectivity index (χ0n) is 15.8. The van der Waals surface area contributed by atoms with Crippen LogP contribution in [0.15, 0.2) is 95.8 Å². The van der Waals surface area contributed by atoms with E-state index in [9.17, 15) is 4.79 Å². The standard InChI is InChI=1S/C24H16N4O2/c29-23(19-10-9-16-5-1-2-6-18(16)15-19)26-21-8-4-3-7-20(21)24-27-22(28-30-24)17-11-13-25-14-12-17/h1-15H,(H,26,29). The van der Waals surface area contributed by atoms with E-state index in [0.29, 0.717) is 28.5 Å². The molecule has 0 saturated heterocycles. The molecule has 30 heavy (non-hydrogen) atoms. The number of hydrogen-bond acceptors (Lipinski definition) is 5. The Bertz CT molecular complexity index is 1350. The van der Waals surface area contributed by atoms with Gasteiger partial charge in [-0.2, -0.15) is 4.98 Å². The number of amides is 1. The zero-order chi connectivity index (χ0) is 20.3. The molecule has 5 aromatic rings. The lowest BCUT2D eigenvalue weighted by atomic mass is 10.1. The number of benzene rings is 3. The van der Waals surface area contributed by atoms with Crippen LogP contribution in [0.3, 0.4) is 0 Å². The first-order chi connectivity index (χ1) is 14.8. The summed E-state index contributed by atoms with van der Waals surface area (Å²) in [5.41, 5.74) is 2.63. The van der Waals surface area contributed by atoms with E-state index in [1.165, 1.54) is 0 Å². The van der Waals surface area contributed by atoms with Crippen molar-refractivity contribution >= 4 is 22.4 Å². The average molecular weight is 392 g/mol. The first-order valence-electron chi connectivity index (χ1n) is 9.41. The number of rotatable bonds is 4. The Hall–Kier alpha value is -4.32. The van der Waals surface area contributed by atoms with Gasteiger partial charge in [-0.3, -0.25) is 9.78 Å². The molecule has 1 N–H and O–H groups in total. The third-order valence-electron chi connectivity index (χ3n) is 4.78. The molecule has 0 aliphatic heterocycles. The maximum Gasteiger partial charge on any atom is 0.260 e. The summed E-state index contributed by atoms with van der Waals surface area (Å²) >= 11 is 0. The molecule has 0 unspecified atom stereocenters. The maximum absolute atomic E-state index is 12.9. The van der Waals surface area contributed by atoms with E-state index in [2.05, 4.69) is 20.4 Å². The molecule has 0 spiro atoms. The smallest absolute Gasteiger partial charge is 0.260 e. The van der Waals surface area contributed by atoms with E-state index < -0.39 is 0 Å². The van der Waals surface area contributed by atoms with Gasteiger partial charge in [-0.25, -0.2) is 0 Å². The average Bonchev–Trinajstić information content (AvgIpc) is 3.30. The number of pyridine rings is 1. The lowest BCUT2D eigenvalue weighted by molar-refractivity contribution is 0.102. The van der Waals surface area contributed by atoms with Crippen LogP contribution in [0.25, 0.3) is 33.6 Å². The normalized spacial score (nSPS) is 10.8. The molecule has 5 rings (SSSR count). The van der Waals surface area contributed by atoms with Gasteiger partial charge in [0.1, 0.15) is 0 Å². The zero-order valence-corrected chi connectivity index (χ0v) is 15.8. The summed E-state index contributed by atoms with van der Waals surface area (Å²) < 4.78 is 5.46. The van der Waals surface area contributed by atoms with Gasteiger partial charge >= 0.3 is 0 Å². The number of para-hydroxylation sites is 1. The molecule has 0 bridgehead atoms. The molecule has 0 aliphatic rings. The fraction of sp³-hybridized carbons (Fsp3) is 0. The van der Waals surface area contributed by atoms with Gasteiger partial charge < -0.3 is 9.84 Å². The third kappa shape index (κ3) is 3.42. The van der Waals surface area contributed by atoms with E-state index >= 15 is 0 Å². The fourth-order valence-electron chi connectivity index (χ4n) is 3.25. The van der Waals surface area contributed by atoms with Gasteiger partial charge in [0.2, 0.25) is 5.82 Å². The molecule has 2 aromatic heterocycles. The minimum absolute atomic E-state index is 0.206. The molecular weight excluding hydrogens is 376 g/mol. The molecule has 6 heteroatoms. The van der Waals surface area contributed by atoms with Crippen molar-refractivity contribution in [1.29, 1.82) is 0 Å². The first kappa shape index (κ1) is 17.8. The highest BCUT2D eigenvalue weighted by Crippen LogP contribution is 2.29. The van der Waals surface area contributed by atoms with Crippen LogP contribution in [-0.2, 0) is 0 Å². The molecular formula is C24H16N4O2. The number of carbonyl (C=O) groups is 1. The second-order valence-corrected chi connectivity index (χ2v) is 6.72. The largest absolute Gasteiger partial charge is 0.334 e. The number of anilines is 1. The van der Waals surface area contributed by atoms with Crippen LogP contribution in [0.4, 0.5) is 5.69 Å². The van der Waals surface area contributed by atoms with Crippen molar-refractivity contribution in [2.75, 3.05) is 5.32 Å². The van der Waals surface area contributed by atoms with Crippen molar-refractivity contribution in [3.8, 4) is 22.8 Å². The Balaban J connectivity index is 1.45. The quantitative estimate of drug-likeness (QED) is 0.454. The van der Waals surface area contributed by atoms with Crippen LogP contribution < -0.4 is 5.32 Å². The van der Waals surface area contributed by atoms with Crippen molar-refractivity contribution < 1.29 is 9.32 Å². The Labute approximate surface area is 172 Å². The molecule has 0 radical (unpaired) electrons. The maximum atomic E-state index is 12.9. The van der Waals surface area contributed by atoms with Gasteiger partial charge in [0.25, 0.3) is 11.8 Å². The van der Waals surface area contributed by atoms with Crippen molar-refractivity contribution in [3.63, 3.8) is 0 Å². The molecule has 6 nitrogen and oxygen atoms in total. The van der Waals surface area contributed by atoms with Crippen molar-refractivity contribution in [3.05, 3.63) is 96.8 Å². The van der Waals surface area contributed by atoms with Gasteiger partial charge in [-0.05, 0) is 47.2 Å². The van der Waals surface area contributed by atoms with Gasteiger partial charge in [0.15, 0.2) is 0 Å². The summed E-state index contributed by atoms with van der Waals surface area (Å²) in [7, 11) is 0. The number of nitrogens with zero attached hydrogens (tertiary/aromatic N) is 3. The second-order valence-electron chi connectivity index (χ2n) is 6.72. The number of carbonyl (C=O) groups excluding carboxylic acids is 1. The van der Waals surface area contributed by atoms with Crippen molar-refractivity contribution in [2.45, 2.75) is 0 Å². The van der Waals surface area contributed by atoms with Gasteiger partial charge in [-0.1, -0.05) is 47.6 Å². The summed E-state index contributed by atoms with van der Waals surface area (Å²) in [5, 5.41) is 9.11. The van der Waals surface area contributed by atoms with E-state index in [1.54, 1.807) is 12.4 Å². The number of fused-ring (bicyclic) bond motifs is 1. The van der Waals surface area contributed by atoms with Gasteiger partial charge in [0.05, 0.1) is 11.3 Å². The summed E-state index contributed by atoms with van der Waals surface area (Å²) in [6.07, 6.45) is 3.34. The SMILES string of the molecule is O=C(Nc1ccccc1-c1nc(-c2ccncc2)no1)c1ccc2ccccc2c1. The highest BCUT2D eigenvalue weighted by atomic mass is 16.5. The summed E-state index contributed by atoms with van der Waals surface area (Å²) in [4.78, 5) is 21.4. The topological polar surface area (TPSA) is 80.9 Å². The highest BCUT2D eigenvalue weighted by Gasteiger charge is 2.16. The van der Waals surface area contributed by atoms with E-state index in [-0.39, 0.29) is 5.91 Å². The predicted molar refractivity (Wildman–Crippen MR) is 115 cm³/mol. The summed E-state index contributed by atoms with van der Waals surface area (Å²) in [6.45, 7) is 0.